The lowest BCUT2D eigenvalue weighted by atomic mass is 9.86. The SMILES string of the molecule is O=C1CC(C(=O)O)Cc2[nH]c3cc(Br)ccc3c21. The van der Waals surface area contributed by atoms with Gasteiger partial charge in [0, 0.05) is 39.5 Å². The van der Waals surface area contributed by atoms with Crippen LogP contribution in [0.2, 0.25) is 0 Å². The van der Waals surface area contributed by atoms with Gasteiger partial charge in [-0.1, -0.05) is 22.0 Å². The monoisotopic (exact) mass is 307 g/mol. The quantitative estimate of drug-likeness (QED) is 0.851. The summed E-state index contributed by atoms with van der Waals surface area (Å²) in [5, 5.41) is 9.90. The molecule has 1 aromatic carbocycles. The van der Waals surface area contributed by atoms with E-state index in [0.717, 1.165) is 21.1 Å². The van der Waals surface area contributed by atoms with Gasteiger partial charge in [0.15, 0.2) is 5.78 Å². The summed E-state index contributed by atoms with van der Waals surface area (Å²) in [6.07, 6.45) is 0.480. The van der Waals surface area contributed by atoms with Gasteiger partial charge in [0.1, 0.15) is 0 Å². The summed E-state index contributed by atoms with van der Waals surface area (Å²) < 4.78 is 0.927. The number of hydrogen-bond acceptors (Lipinski definition) is 2. The third kappa shape index (κ3) is 1.66. The van der Waals surface area contributed by atoms with Gasteiger partial charge in [-0.3, -0.25) is 9.59 Å². The number of hydrogen-bond donors (Lipinski definition) is 2. The molecule has 2 aromatic rings. The molecule has 0 fully saturated rings. The Labute approximate surface area is 111 Å². The van der Waals surface area contributed by atoms with Gasteiger partial charge in [-0.15, -0.1) is 0 Å². The van der Waals surface area contributed by atoms with Crippen molar-refractivity contribution in [2.24, 2.45) is 5.92 Å². The van der Waals surface area contributed by atoms with Gasteiger partial charge < -0.3 is 10.1 Å². The summed E-state index contributed by atoms with van der Waals surface area (Å²) in [5.41, 5.74) is 2.27. The molecular formula is C13H10BrNO3. The Hall–Kier alpha value is -1.62. The van der Waals surface area contributed by atoms with Crippen molar-refractivity contribution in [2.75, 3.05) is 0 Å². The molecule has 1 aliphatic rings. The summed E-state index contributed by atoms with van der Waals surface area (Å²) in [6, 6.07) is 5.66. The van der Waals surface area contributed by atoms with Crippen LogP contribution in [0.4, 0.5) is 0 Å². The lowest BCUT2D eigenvalue weighted by Crippen LogP contribution is -2.25. The van der Waals surface area contributed by atoms with Crippen LogP contribution in [0.5, 0.6) is 0 Å². The number of rotatable bonds is 1. The standard InChI is InChI=1S/C13H10BrNO3/c14-7-1-2-8-9(5-7)15-10-3-6(13(17)18)4-11(16)12(8)10/h1-2,5-6,15H,3-4H2,(H,17,18). The predicted octanol–water partition coefficient (Wildman–Crippen LogP) is 2.76. The molecule has 0 saturated carbocycles. The molecule has 1 unspecified atom stereocenters. The van der Waals surface area contributed by atoms with E-state index in [-0.39, 0.29) is 12.2 Å². The first-order valence-corrected chi connectivity index (χ1v) is 6.41. The molecule has 1 aliphatic carbocycles. The number of carbonyl (C=O) groups is 2. The van der Waals surface area contributed by atoms with Gasteiger partial charge in [-0.05, 0) is 12.1 Å². The highest BCUT2D eigenvalue weighted by Gasteiger charge is 2.32. The number of carbonyl (C=O) groups excluding carboxylic acids is 1. The molecule has 4 nitrogen and oxygen atoms in total. The van der Waals surface area contributed by atoms with E-state index in [1.165, 1.54) is 0 Å². The Morgan fingerprint density at radius 2 is 2.17 bits per heavy atom. The second-order valence-electron chi connectivity index (χ2n) is 4.54. The molecule has 0 radical (unpaired) electrons. The van der Waals surface area contributed by atoms with E-state index in [1.807, 2.05) is 18.2 Å². The van der Waals surface area contributed by atoms with Gasteiger partial charge in [-0.2, -0.15) is 0 Å². The molecule has 3 rings (SSSR count). The first-order valence-electron chi connectivity index (χ1n) is 5.62. The van der Waals surface area contributed by atoms with Crippen LogP contribution in [-0.2, 0) is 11.2 Å². The van der Waals surface area contributed by atoms with E-state index in [2.05, 4.69) is 20.9 Å². The van der Waals surface area contributed by atoms with Crippen molar-refractivity contribution in [3.63, 3.8) is 0 Å². The van der Waals surface area contributed by atoms with Gasteiger partial charge in [0.2, 0.25) is 0 Å². The number of nitrogens with one attached hydrogen (secondary N) is 1. The fourth-order valence-electron chi connectivity index (χ4n) is 2.52. The first kappa shape index (κ1) is 11.5. The Kier molecular flexibility index (Phi) is 2.52. The fourth-order valence-corrected chi connectivity index (χ4v) is 2.88. The number of aliphatic carboxylic acids is 1. The molecule has 2 N–H and O–H groups in total. The van der Waals surface area contributed by atoms with Crippen LogP contribution in [0.15, 0.2) is 22.7 Å². The molecular weight excluding hydrogens is 298 g/mol. The zero-order chi connectivity index (χ0) is 12.9. The van der Waals surface area contributed by atoms with E-state index in [4.69, 9.17) is 5.11 Å². The zero-order valence-corrected chi connectivity index (χ0v) is 11.0. The molecule has 92 valence electrons. The topological polar surface area (TPSA) is 70.2 Å². The number of benzene rings is 1. The normalized spacial score (nSPS) is 18.9. The van der Waals surface area contributed by atoms with E-state index in [1.54, 1.807) is 0 Å². The maximum Gasteiger partial charge on any atom is 0.307 e. The van der Waals surface area contributed by atoms with Crippen molar-refractivity contribution in [1.29, 1.82) is 0 Å². The highest BCUT2D eigenvalue weighted by molar-refractivity contribution is 9.10. The lowest BCUT2D eigenvalue weighted by molar-refractivity contribution is -0.141. The number of fused-ring (bicyclic) bond motifs is 3. The number of halogens is 1. The Morgan fingerprint density at radius 1 is 1.39 bits per heavy atom. The van der Waals surface area contributed by atoms with Gasteiger partial charge in [0.25, 0.3) is 0 Å². The molecule has 0 bridgehead atoms. The number of aromatic nitrogens is 1. The van der Waals surface area contributed by atoms with Crippen molar-refractivity contribution in [3.05, 3.63) is 33.9 Å². The van der Waals surface area contributed by atoms with Gasteiger partial charge in [0.05, 0.1) is 5.92 Å². The number of aromatic amines is 1. The van der Waals surface area contributed by atoms with E-state index in [0.29, 0.717) is 12.0 Å². The molecule has 0 saturated heterocycles. The Bertz CT molecular complexity index is 674. The third-order valence-electron chi connectivity index (χ3n) is 3.35. The lowest BCUT2D eigenvalue weighted by Gasteiger charge is -2.17. The van der Waals surface area contributed by atoms with Crippen molar-refractivity contribution >= 4 is 38.6 Å². The van der Waals surface area contributed by atoms with Crippen molar-refractivity contribution < 1.29 is 14.7 Å². The number of carboxylic acids is 1. The van der Waals surface area contributed by atoms with Crippen LogP contribution >= 0.6 is 15.9 Å². The van der Waals surface area contributed by atoms with Crippen LogP contribution in [0, 0.1) is 5.92 Å². The molecule has 1 atom stereocenters. The Morgan fingerprint density at radius 3 is 2.89 bits per heavy atom. The first-order chi connectivity index (χ1) is 8.56. The maximum atomic E-state index is 12.1. The van der Waals surface area contributed by atoms with Crippen LogP contribution in [0.1, 0.15) is 22.5 Å². The highest BCUT2D eigenvalue weighted by atomic mass is 79.9. The average Bonchev–Trinajstić information content (AvgIpc) is 2.66. The molecule has 0 amide bonds. The molecule has 18 heavy (non-hydrogen) atoms. The number of Topliss-reactive ketones (excluding diaryl/α,β-unsaturated/α-hetero) is 1. The minimum absolute atomic E-state index is 0.0859. The van der Waals surface area contributed by atoms with E-state index in [9.17, 15) is 9.59 Å². The number of H-pyrrole nitrogens is 1. The molecule has 5 heteroatoms. The second kappa shape index (κ2) is 3.95. The predicted molar refractivity (Wildman–Crippen MR) is 69.8 cm³/mol. The summed E-state index contributed by atoms with van der Waals surface area (Å²) in [6.45, 7) is 0. The largest absolute Gasteiger partial charge is 0.481 e. The van der Waals surface area contributed by atoms with Gasteiger partial charge >= 0.3 is 5.97 Å². The van der Waals surface area contributed by atoms with E-state index < -0.39 is 11.9 Å². The summed E-state index contributed by atoms with van der Waals surface area (Å²) in [5.74, 6) is -1.60. The van der Waals surface area contributed by atoms with Gasteiger partial charge in [-0.25, -0.2) is 0 Å². The van der Waals surface area contributed by atoms with Crippen LogP contribution < -0.4 is 0 Å². The minimum Gasteiger partial charge on any atom is -0.481 e. The molecule has 1 aromatic heterocycles. The Balaban J connectivity index is 2.19. The molecule has 1 heterocycles. The highest BCUT2D eigenvalue weighted by Crippen LogP contribution is 2.32. The summed E-state index contributed by atoms with van der Waals surface area (Å²) in [4.78, 5) is 26.2. The van der Waals surface area contributed by atoms with Crippen LogP contribution in [-0.4, -0.2) is 21.8 Å². The molecule has 0 aliphatic heterocycles. The summed E-state index contributed by atoms with van der Waals surface area (Å²) >= 11 is 3.38. The minimum atomic E-state index is -0.908. The van der Waals surface area contributed by atoms with E-state index >= 15 is 0 Å². The smallest absolute Gasteiger partial charge is 0.307 e. The number of ketones is 1. The second-order valence-corrected chi connectivity index (χ2v) is 5.45. The maximum absolute atomic E-state index is 12.1. The fraction of sp³-hybridized carbons (Fsp3) is 0.231. The van der Waals surface area contributed by atoms with Crippen molar-refractivity contribution in [3.8, 4) is 0 Å². The van der Waals surface area contributed by atoms with Crippen LogP contribution in [0.3, 0.4) is 0 Å². The third-order valence-corrected chi connectivity index (χ3v) is 3.84. The molecule has 0 spiro atoms. The zero-order valence-electron chi connectivity index (χ0n) is 9.37. The summed E-state index contributed by atoms with van der Waals surface area (Å²) in [7, 11) is 0. The van der Waals surface area contributed by atoms with Crippen molar-refractivity contribution in [1.82, 2.24) is 4.98 Å². The van der Waals surface area contributed by atoms with Crippen LogP contribution in [0.25, 0.3) is 10.9 Å². The number of carboxylic acid groups (broad SMARTS) is 1. The van der Waals surface area contributed by atoms with Crippen molar-refractivity contribution in [2.45, 2.75) is 12.8 Å². The average molecular weight is 308 g/mol.